The minimum Gasteiger partial charge on any atom is -0.450 e. The highest BCUT2D eigenvalue weighted by Gasteiger charge is 2.37. The SMILES string of the molecule is CC(C)(C)OC(=O)N[C@@H]1Cc2ccc(F)c(Oc3cc(F)ccc3Cl)c2N(CCF)C1=O. The molecule has 32 heavy (non-hydrogen) atoms. The number of carbonyl (C=O) groups is 2. The first-order chi connectivity index (χ1) is 15.0. The Hall–Kier alpha value is -2.94. The van der Waals surface area contributed by atoms with Crippen LogP contribution in [0.5, 0.6) is 11.5 Å². The van der Waals surface area contributed by atoms with Crippen molar-refractivity contribution in [3.05, 3.63) is 52.6 Å². The van der Waals surface area contributed by atoms with Crippen molar-refractivity contribution >= 4 is 29.3 Å². The number of fused-ring (bicyclic) bond motifs is 1. The van der Waals surface area contributed by atoms with E-state index in [4.69, 9.17) is 21.1 Å². The van der Waals surface area contributed by atoms with Crippen molar-refractivity contribution in [2.45, 2.75) is 38.8 Å². The van der Waals surface area contributed by atoms with Crippen LogP contribution in [0.25, 0.3) is 0 Å². The molecule has 0 saturated carbocycles. The third-order valence-electron chi connectivity index (χ3n) is 4.53. The van der Waals surface area contributed by atoms with Gasteiger partial charge in [-0.1, -0.05) is 17.7 Å². The predicted octanol–water partition coefficient (Wildman–Crippen LogP) is 5.16. The zero-order valence-corrected chi connectivity index (χ0v) is 18.4. The summed E-state index contributed by atoms with van der Waals surface area (Å²) >= 11 is 6.02. The average Bonchev–Trinajstić information content (AvgIpc) is 2.68. The Balaban J connectivity index is 1.99. The van der Waals surface area contributed by atoms with E-state index in [1.807, 2.05) is 0 Å². The lowest BCUT2D eigenvalue weighted by Crippen LogP contribution is -2.54. The molecule has 1 aliphatic heterocycles. The average molecular weight is 471 g/mol. The van der Waals surface area contributed by atoms with E-state index in [1.54, 1.807) is 20.8 Å². The number of amides is 2. The summed E-state index contributed by atoms with van der Waals surface area (Å²) in [5.74, 6) is -2.73. The Morgan fingerprint density at radius 2 is 1.97 bits per heavy atom. The van der Waals surface area contributed by atoms with Gasteiger partial charge < -0.3 is 19.7 Å². The lowest BCUT2D eigenvalue weighted by Gasteiger charge is -2.35. The van der Waals surface area contributed by atoms with E-state index in [2.05, 4.69) is 5.32 Å². The third kappa shape index (κ3) is 5.27. The van der Waals surface area contributed by atoms with Crippen LogP contribution in [0.15, 0.2) is 30.3 Å². The second-order valence-corrected chi connectivity index (χ2v) is 8.55. The van der Waals surface area contributed by atoms with Crippen LogP contribution in [-0.2, 0) is 16.0 Å². The zero-order valence-electron chi connectivity index (χ0n) is 17.7. The van der Waals surface area contributed by atoms with Gasteiger partial charge in [-0.3, -0.25) is 4.79 Å². The molecule has 1 heterocycles. The quantitative estimate of drug-likeness (QED) is 0.655. The first-order valence-corrected chi connectivity index (χ1v) is 10.2. The Morgan fingerprint density at radius 3 is 2.62 bits per heavy atom. The maximum absolute atomic E-state index is 14.7. The first-order valence-electron chi connectivity index (χ1n) is 9.81. The molecule has 0 aromatic heterocycles. The number of benzene rings is 2. The molecule has 2 aromatic rings. The van der Waals surface area contributed by atoms with Gasteiger partial charge in [0.2, 0.25) is 5.91 Å². The summed E-state index contributed by atoms with van der Waals surface area (Å²) < 4.78 is 52.4. The number of halogens is 4. The highest BCUT2D eigenvalue weighted by atomic mass is 35.5. The van der Waals surface area contributed by atoms with Crippen molar-refractivity contribution in [1.82, 2.24) is 5.32 Å². The van der Waals surface area contributed by atoms with E-state index in [1.165, 1.54) is 12.1 Å². The lowest BCUT2D eigenvalue weighted by molar-refractivity contribution is -0.121. The molecule has 0 bridgehead atoms. The van der Waals surface area contributed by atoms with Crippen molar-refractivity contribution in [2.75, 3.05) is 18.1 Å². The van der Waals surface area contributed by atoms with Gasteiger partial charge in [-0.25, -0.2) is 18.0 Å². The number of hydrogen-bond acceptors (Lipinski definition) is 4. The molecule has 0 saturated heterocycles. The van der Waals surface area contributed by atoms with E-state index in [-0.39, 0.29) is 22.9 Å². The first kappa shape index (κ1) is 23.7. The van der Waals surface area contributed by atoms with Gasteiger partial charge in [0.25, 0.3) is 0 Å². The molecule has 2 amide bonds. The Labute approximate surface area is 188 Å². The second-order valence-electron chi connectivity index (χ2n) is 8.14. The molecular weight excluding hydrogens is 449 g/mol. The number of carbonyl (C=O) groups excluding carboxylic acids is 2. The van der Waals surface area contributed by atoms with E-state index in [0.29, 0.717) is 5.56 Å². The maximum atomic E-state index is 14.7. The summed E-state index contributed by atoms with van der Waals surface area (Å²) in [6.45, 7) is 3.67. The molecule has 0 radical (unpaired) electrons. The van der Waals surface area contributed by atoms with Gasteiger partial charge in [0.1, 0.15) is 29.9 Å². The number of nitrogens with one attached hydrogen (secondary N) is 1. The second kappa shape index (κ2) is 9.28. The molecule has 0 unspecified atom stereocenters. The molecule has 1 atom stereocenters. The number of ether oxygens (including phenoxy) is 2. The Kier molecular flexibility index (Phi) is 6.88. The number of hydrogen-bond donors (Lipinski definition) is 1. The molecule has 1 aliphatic rings. The van der Waals surface area contributed by atoms with Gasteiger partial charge in [0, 0.05) is 12.5 Å². The van der Waals surface area contributed by atoms with Crippen molar-refractivity contribution in [2.24, 2.45) is 0 Å². The minimum atomic E-state index is -1.06. The summed E-state index contributed by atoms with van der Waals surface area (Å²) in [4.78, 5) is 26.2. The van der Waals surface area contributed by atoms with Crippen LogP contribution in [0, 0.1) is 11.6 Å². The van der Waals surface area contributed by atoms with Gasteiger partial charge >= 0.3 is 6.09 Å². The van der Waals surface area contributed by atoms with Gasteiger partial charge in [0.15, 0.2) is 11.6 Å². The summed E-state index contributed by atoms with van der Waals surface area (Å²) in [7, 11) is 0. The molecule has 2 aromatic carbocycles. The van der Waals surface area contributed by atoms with Crippen LogP contribution in [0.4, 0.5) is 23.7 Å². The lowest BCUT2D eigenvalue weighted by atomic mass is 9.96. The molecule has 0 spiro atoms. The molecule has 3 rings (SSSR count). The number of alkyl carbamates (subject to hydrolysis) is 1. The fourth-order valence-corrected chi connectivity index (χ4v) is 3.44. The summed E-state index contributed by atoms with van der Waals surface area (Å²) in [5, 5.41) is 2.50. The summed E-state index contributed by atoms with van der Waals surface area (Å²) in [6, 6.07) is 4.78. The minimum absolute atomic E-state index is 0.00443. The smallest absolute Gasteiger partial charge is 0.408 e. The van der Waals surface area contributed by atoms with Crippen LogP contribution in [0.3, 0.4) is 0 Å². The fourth-order valence-electron chi connectivity index (χ4n) is 3.29. The van der Waals surface area contributed by atoms with Crippen LogP contribution < -0.4 is 15.0 Å². The Morgan fingerprint density at radius 1 is 1.25 bits per heavy atom. The molecule has 0 fully saturated rings. The highest BCUT2D eigenvalue weighted by Crippen LogP contribution is 2.42. The summed E-state index contributed by atoms with van der Waals surface area (Å²) in [6.07, 6.45) is -0.825. The molecule has 0 aliphatic carbocycles. The topological polar surface area (TPSA) is 67.9 Å². The molecule has 172 valence electrons. The molecule has 1 N–H and O–H groups in total. The van der Waals surface area contributed by atoms with Crippen molar-refractivity contribution in [3.63, 3.8) is 0 Å². The number of anilines is 1. The molecular formula is C22H22ClF3N2O4. The van der Waals surface area contributed by atoms with Gasteiger partial charge in [-0.15, -0.1) is 0 Å². The van der Waals surface area contributed by atoms with Gasteiger partial charge in [0.05, 0.1) is 17.3 Å². The standard InChI is InChI=1S/C22H22ClF3N2O4/c1-22(2,3)32-21(30)27-16-10-12-4-7-15(26)19(18(12)28(9-8-24)20(16)29)31-17-11-13(25)5-6-14(17)23/h4-7,11,16H,8-10H2,1-3H3,(H,27,30)/t16-/m1/s1. The van der Waals surface area contributed by atoms with E-state index in [9.17, 15) is 22.8 Å². The van der Waals surface area contributed by atoms with E-state index < -0.39 is 54.2 Å². The Bertz CT molecular complexity index is 1040. The molecule has 10 heteroatoms. The normalized spacial score (nSPS) is 15.9. The van der Waals surface area contributed by atoms with Crippen LogP contribution >= 0.6 is 11.6 Å². The van der Waals surface area contributed by atoms with E-state index in [0.717, 1.165) is 23.1 Å². The number of nitrogens with zero attached hydrogens (tertiary/aromatic N) is 1. The van der Waals surface area contributed by atoms with Crippen LogP contribution in [0.2, 0.25) is 5.02 Å². The number of rotatable bonds is 5. The van der Waals surface area contributed by atoms with E-state index >= 15 is 0 Å². The van der Waals surface area contributed by atoms with Crippen molar-refractivity contribution < 1.29 is 32.2 Å². The maximum Gasteiger partial charge on any atom is 0.408 e. The predicted molar refractivity (Wildman–Crippen MR) is 113 cm³/mol. The largest absolute Gasteiger partial charge is 0.450 e. The summed E-state index contributed by atoms with van der Waals surface area (Å²) in [5.41, 5.74) is -0.370. The highest BCUT2D eigenvalue weighted by molar-refractivity contribution is 6.32. The van der Waals surface area contributed by atoms with Gasteiger partial charge in [-0.05, 0) is 44.5 Å². The molecule has 6 nitrogen and oxygen atoms in total. The number of alkyl halides is 1. The van der Waals surface area contributed by atoms with Crippen molar-refractivity contribution in [3.8, 4) is 11.5 Å². The fraction of sp³-hybridized carbons (Fsp3) is 0.364. The van der Waals surface area contributed by atoms with Crippen LogP contribution in [0.1, 0.15) is 26.3 Å². The van der Waals surface area contributed by atoms with Gasteiger partial charge in [-0.2, -0.15) is 0 Å². The monoisotopic (exact) mass is 470 g/mol. The van der Waals surface area contributed by atoms with Crippen LogP contribution in [-0.4, -0.2) is 36.9 Å². The van der Waals surface area contributed by atoms with Crippen molar-refractivity contribution in [1.29, 1.82) is 0 Å². The zero-order chi connectivity index (χ0) is 23.6. The third-order valence-corrected chi connectivity index (χ3v) is 4.84.